The maximum atomic E-state index is 13.1. The van der Waals surface area contributed by atoms with E-state index in [9.17, 15) is 13.2 Å². The van der Waals surface area contributed by atoms with E-state index in [-0.39, 0.29) is 6.54 Å². The van der Waals surface area contributed by atoms with E-state index in [1.165, 1.54) is 20.3 Å². The van der Waals surface area contributed by atoms with Crippen LogP contribution in [0.25, 0.3) is 0 Å². The highest BCUT2D eigenvalue weighted by molar-refractivity contribution is 7.92. The lowest BCUT2D eigenvalue weighted by Crippen LogP contribution is -2.41. The number of carbonyl (C=O) groups is 1. The zero-order chi connectivity index (χ0) is 24.0. The summed E-state index contributed by atoms with van der Waals surface area (Å²) < 4.78 is 36.7. The summed E-state index contributed by atoms with van der Waals surface area (Å²) >= 11 is 0. The van der Waals surface area contributed by atoms with Crippen LogP contribution in [0.15, 0.2) is 72.8 Å². The van der Waals surface area contributed by atoms with Crippen molar-refractivity contribution in [1.82, 2.24) is 5.32 Å². The van der Waals surface area contributed by atoms with Crippen LogP contribution in [0.2, 0.25) is 0 Å². The standard InChI is InChI=1S/C25H28N2O5S/c1-18-9-8-12-20(15-18)25(19-10-6-5-7-11-19)26-24(28)17-27(33(4,29)30)21-13-14-22(31-2)23(16-21)32-3/h5-16,25H,17H2,1-4H3,(H,26,28). The van der Waals surface area contributed by atoms with E-state index in [0.717, 1.165) is 27.3 Å². The average molecular weight is 469 g/mol. The van der Waals surface area contributed by atoms with Gasteiger partial charge in [0.15, 0.2) is 11.5 Å². The summed E-state index contributed by atoms with van der Waals surface area (Å²) in [5.41, 5.74) is 3.17. The molecule has 7 nitrogen and oxygen atoms in total. The number of aryl methyl sites for hydroxylation is 1. The summed E-state index contributed by atoms with van der Waals surface area (Å²) in [7, 11) is -0.795. The molecule has 0 aliphatic heterocycles. The molecule has 33 heavy (non-hydrogen) atoms. The van der Waals surface area contributed by atoms with E-state index in [2.05, 4.69) is 5.32 Å². The fraction of sp³-hybridized carbons (Fsp3) is 0.240. The first kappa shape index (κ1) is 24.1. The molecule has 0 fully saturated rings. The predicted molar refractivity (Wildman–Crippen MR) is 129 cm³/mol. The normalized spacial score (nSPS) is 12.0. The Morgan fingerprint density at radius 1 is 0.909 bits per heavy atom. The average Bonchev–Trinajstić information content (AvgIpc) is 2.80. The number of hydrogen-bond acceptors (Lipinski definition) is 5. The number of ether oxygens (including phenoxy) is 2. The first-order valence-corrected chi connectivity index (χ1v) is 12.2. The van der Waals surface area contributed by atoms with Crippen molar-refractivity contribution in [1.29, 1.82) is 0 Å². The molecular formula is C25H28N2O5S. The second-order valence-electron chi connectivity index (χ2n) is 7.63. The monoisotopic (exact) mass is 468 g/mol. The molecule has 0 heterocycles. The van der Waals surface area contributed by atoms with Crippen molar-refractivity contribution in [2.45, 2.75) is 13.0 Å². The van der Waals surface area contributed by atoms with Crippen LogP contribution >= 0.6 is 0 Å². The Balaban J connectivity index is 1.91. The molecule has 0 aromatic heterocycles. The molecule has 3 rings (SSSR count). The molecular weight excluding hydrogens is 440 g/mol. The second-order valence-corrected chi connectivity index (χ2v) is 9.54. The minimum absolute atomic E-state index is 0.303. The zero-order valence-electron chi connectivity index (χ0n) is 19.1. The number of nitrogens with zero attached hydrogens (tertiary/aromatic N) is 1. The van der Waals surface area contributed by atoms with Gasteiger partial charge in [0.05, 0.1) is 32.2 Å². The van der Waals surface area contributed by atoms with Crippen LogP contribution in [0.1, 0.15) is 22.7 Å². The third-order valence-electron chi connectivity index (χ3n) is 5.16. The number of carbonyl (C=O) groups excluding carboxylic acids is 1. The SMILES string of the molecule is COc1ccc(N(CC(=O)NC(c2ccccc2)c2cccc(C)c2)S(C)(=O)=O)cc1OC. The molecule has 1 unspecified atom stereocenters. The third-order valence-corrected chi connectivity index (χ3v) is 6.30. The molecule has 0 bridgehead atoms. The molecule has 0 saturated heterocycles. The lowest BCUT2D eigenvalue weighted by atomic mass is 9.97. The van der Waals surface area contributed by atoms with Gasteiger partial charge in [-0.25, -0.2) is 8.42 Å². The maximum Gasteiger partial charge on any atom is 0.241 e. The summed E-state index contributed by atoms with van der Waals surface area (Å²) in [5.74, 6) is 0.388. The Bertz CT molecular complexity index is 1210. The van der Waals surface area contributed by atoms with E-state index < -0.39 is 22.0 Å². The summed E-state index contributed by atoms with van der Waals surface area (Å²) in [6.07, 6.45) is 1.06. The number of anilines is 1. The number of sulfonamides is 1. The highest BCUT2D eigenvalue weighted by atomic mass is 32.2. The maximum absolute atomic E-state index is 13.1. The topological polar surface area (TPSA) is 84.9 Å². The van der Waals surface area contributed by atoms with Crippen LogP contribution in [0, 0.1) is 6.92 Å². The first-order valence-electron chi connectivity index (χ1n) is 10.3. The second kappa shape index (κ2) is 10.4. The number of nitrogens with one attached hydrogen (secondary N) is 1. The Morgan fingerprint density at radius 2 is 1.58 bits per heavy atom. The molecule has 0 radical (unpaired) electrons. The minimum Gasteiger partial charge on any atom is -0.493 e. The lowest BCUT2D eigenvalue weighted by molar-refractivity contribution is -0.120. The molecule has 0 saturated carbocycles. The Kier molecular flexibility index (Phi) is 7.60. The molecule has 1 atom stereocenters. The molecule has 3 aromatic carbocycles. The summed E-state index contributed by atoms with van der Waals surface area (Å²) in [4.78, 5) is 13.1. The quantitative estimate of drug-likeness (QED) is 0.518. The fourth-order valence-corrected chi connectivity index (χ4v) is 4.42. The highest BCUT2D eigenvalue weighted by Crippen LogP contribution is 2.32. The van der Waals surface area contributed by atoms with Gasteiger partial charge in [-0.05, 0) is 30.2 Å². The predicted octanol–water partition coefficient (Wildman–Crippen LogP) is 3.68. The van der Waals surface area contributed by atoms with Crippen LogP contribution in [0.4, 0.5) is 5.69 Å². The zero-order valence-corrected chi connectivity index (χ0v) is 19.9. The highest BCUT2D eigenvalue weighted by Gasteiger charge is 2.24. The summed E-state index contributed by atoms with van der Waals surface area (Å²) in [5, 5.41) is 3.00. The van der Waals surface area contributed by atoms with Gasteiger partial charge < -0.3 is 14.8 Å². The van der Waals surface area contributed by atoms with Gasteiger partial charge in [0.2, 0.25) is 15.9 Å². The number of rotatable bonds is 9. The van der Waals surface area contributed by atoms with Crippen molar-refractivity contribution in [3.63, 3.8) is 0 Å². The van der Waals surface area contributed by atoms with Gasteiger partial charge in [-0.3, -0.25) is 9.10 Å². The number of methoxy groups -OCH3 is 2. The van der Waals surface area contributed by atoms with Crippen LogP contribution in [-0.4, -0.2) is 41.3 Å². The first-order chi connectivity index (χ1) is 15.7. The van der Waals surface area contributed by atoms with Crippen molar-refractivity contribution in [3.8, 4) is 11.5 Å². The third kappa shape index (κ3) is 6.04. The van der Waals surface area contributed by atoms with Gasteiger partial charge in [-0.1, -0.05) is 60.2 Å². The lowest BCUT2D eigenvalue weighted by Gasteiger charge is -2.25. The number of benzene rings is 3. The Morgan fingerprint density at radius 3 is 2.18 bits per heavy atom. The summed E-state index contributed by atoms with van der Waals surface area (Å²) in [6, 6.07) is 21.7. The molecule has 8 heteroatoms. The number of hydrogen-bond donors (Lipinski definition) is 1. The molecule has 0 aliphatic rings. The molecule has 1 amide bonds. The Labute approximate surface area is 195 Å². The van der Waals surface area contributed by atoms with E-state index in [1.807, 2.05) is 61.5 Å². The van der Waals surface area contributed by atoms with Crippen LogP contribution in [0.3, 0.4) is 0 Å². The molecule has 0 aliphatic carbocycles. The van der Waals surface area contributed by atoms with Crippen molar-refractivity contribution < 1.29 is 22.7 Å². The number of amides is 1. The van der Waals surface area contributed by atoms with E-state index in [0.29, 0.717) is 17.2 Å². The van der Waals surface area contributed by atoms with Gasteiger partial charge in [0.1, 0.15) is 6.54 Å². The van der Waals surface area contributed by atoms with Crippen molar-refractivity contribution in [2.75, 3.05) is 31.3 Å². The van der Waals surface area contributed by atoms with E-state index in [4.69, 9.17) is 9.47 Å². The molecule has 174 valence electrons. The van der Waals surface area contributed by atoms with Crippen molar-refractivity contribution >= 4 is 21.6 Å². The van der Waals surface area contributed by atoms with Crippen molar-refractivity contribution in [2.24, 2.45) is 0 Å². The molecule has 1 N–H and O–H groups in total. The van der Waals surface area contributed by atoms with Gasteiger partial charge in [-0.2, -0.15) is 0 Å². The van der Waals surface area contributed by atoms with E-state index in [1.54, 1.807) is 12.1 Å². The van der Waals surface area contributed by atoms with Crippen LogP contribution < -0.4 is 19.1 Å². The van der Waals surface area contributed by atoms with Crippen LogP contribution in [-0.2, 0) is 14.8 Å². The smallest absolute Gasteiger partial charge is 0.241 e. The van der Waals surface area contributed by atoms with Gasteiger partial charge >= 0.3 is 0 Å². The van der Waals surface area contributed by atoms with Gasteiger partial charge in [0.25, 0.3) is 0 Å². The van der Waals surface area contributed by atoms with Gasteiger partial charge in [0, 0.05) is 6.07 Å². The minimum atomic E-state index is -3.75. The Hall–Kier alpha value is -3.52. The molecule has 0 spiro atoms. The summed E-state index contributed by atoms with van der Waals surface area (Å²) in [6.45, 7) is 1.60. The largest absolute Gasteiger partial charge is 0.493 e. The van der Waals surface area contributed by atoms with Crippen molar-refractivity contribution in [3.05, 3.63) is 89.5 Å². The van der Waals surface area contributed by atoms with E-state index >= 15 is 0 Å². The van der Waals surface area contributed by atoms with Gasteiger partial charge in [-0.15, -0.1) is 0 Å². The van der Waals surface area contributed by atoms with Crippen LogP contribution in [0.5, 0.6) is 11.5 Å². The molecule has 3 aromatic rings. The fourth-order valence-electron chi connectivity index (χ4n) is 3.57.